The van der Waals surface area contributed by atoms with Crippen LogP contribution in [0.4, 0.5) is 4.39 Å². The molecular formula is C31H32FNO3S. The van der Waals surface area contributed by atoms with Crippen LogP contribution in [0.2, 0.25) is 0 Å². The van der Waals surface area contributed by atoms with Crippen molar-refractivity contribution in [3.8, 4) is 21.9 Å². The number of carbonyl (C=O) groups is 1. The highest BCUT2D eigenvalue weighted by Crippen LogP contribution is 2.41. The molecule has 37 heavy (non-hydrogen) atoms. The summed E-state index contributed by atoms with van der Waals surface area (Å²) in [6.07, 6.45) is 4.97. The number of rotatable bonds is 10. The molecular weight excluding hydrogens is 485 g/mol. The van der Waals surface area contributed by atoms with E-state index >= 15 is 0 Å². The predicted octanol–water partition coefficient (Wildman–Crippen LogP) is 7.27. The number of halogens is 1. The van der Waals surface area contributed by atoms with Gasteiger partial charge in [0.05, 0.1) is 6.67 Å². The zero-order valence-electron chi connectivity index (χ0n) is 20.9. The number of nitrogens with zero attached hydrogens (tertiary/aromatic N) is 1. The van der Waals surface area contributed by atoms with E-state index in [1.54, 1.807) is 12.1 Å². The number of ether oxygens (including phenoxy) is 1. The largest absolute Gasteiger partial charge is 0.508 e. The molecule has 4 nitrogen and oxygen atoms in total. The average molecular weight is 518 g/mol. The van der Waals surface area contributed by atoms with Crippen molar-refractivity contribution in [2.75, 3.05) is 32.9 Å². The highest BCUT2D eigenvalue weighted by Gasteiger charge is 2.22. The molecule has 0 atom stereocenters. The van der Waals surface area contributed by atoms with Crippen molar-refractivity contribution in [3.63, 3.8) is 0 Å². The number of fused-ring (bicyclic) bond motifs is 1. The van der Waals surface area contributed by atoms with Gasteiger partial charge in [0.1, 0.15) is 18.1 Å². The Kier molecular flexibility index (Phi) is 8.17. The summed E-state index contributed by atoms with van der Waals surface area (Å²) in [6, 6.07) is 20.5. The molecule has 3 aromatic carbocycles. The van der Waals surface area contributed by atoms with E-state index in [0.717, 1.165) is 51.5 Å². The van der Waals surface area contributed by atoms with Crippen LogP contribution in [0, 0.1) is 0 Å². The summed E-state index contributed by atoms with van der Waals surface area (Å²) in [6.45, 7) is 3.49. The number of likely N-dealkylation sites (tertiary alicyclic amines) is 1. The fraction of sp³-hybridized carbons (Fsp3) is 0.323. The van der Waals surface area contributed by atoms with Gasteiger partial charge >= 0.3 is 0 Å². The third kappa shape index (κ3) is 6.03. The van der Waals surface area contributed by atoms with E-state index in [9.17, 15) is 14.3 Å². The Balaban J connectivity index is 1.40. The van der Waals surface area contributed by atoms with Crippen LogP contribution < -0.4 is 4.74 Å². The zero-order valence-corrected chi connectivity index (χ0v) is 21.7. The number of thiophene rings is 1. The maximum Gasteiger partial charge on any atom is 0.195 e. The van der Waals surface area contributed by atoms with Gasteiger partial charge in [-0.1, -0.05) is 30.7 Å². The first-order valence-electron chi connectivity index (χ1n) is 13.0. The Hall–Kier alpha value is -3.22. The van der Waals surface area contributed by atoms with E-state index in [-0.39, 0.29) is 18.2 Å². The van der Waals surface area contributed by atoms with Gasteiger partial charge in [0.15, 0.2) is 5.78 Å². The normalized spacial score (nSPS) is 14.2. The lowest BCUT2D eigenvalue weighted by molar-refractivity contribution is 0.104. The van der Waals surface area contributed by atoms with Crippen molar-refractivity contribution in [1.82, 2.24) is 4.90 Å². The number of hydrogen-bond donors (Lipinski definition) is 1. The zero-order chi connectivity index (χ0) is 25.6. The smallest absolute Gasteiger partial charge is 0.195 e. The number of alkyl halides is 1. The molecule has 1 aliphatic rings. The van der Waals surface area contributed by atoms with Crippen molar-refractivity contribution < 1.29 is 19.0 Å². The summed E-state index contributed by atoms with van der Waals surface area (Å²) in [5.41, 5.74) is 3.19. The Labute approximate surface area is 221 Å². The van der Waals surface area contributed by atoms with Gasteiger partial charge < -0.3 is 9.84 Å². The molecule has 1 aromatic heterocycles. The molecule has 0 amide bonds. The van der Waals surface area contributed by atoms with E-state index in [4.69, 9.17) is 4.74 Å². The highest BCUT2D eigenvalue weighted by atomic mass is 32.1. The molecule has 0 saturated carbocycles. The van der Waals surface area contributed by atoms with Gasteiger partial charge in [0.25, 0.3) is 0 Å². The second-order valence-electron chi connectivity index (χ2n) is 9.58. The molecule has 0 aliphatic carbocycles. The van der Waals surface area contributed by atoms with Crippen LogP contribution >= 0.6 is 11.3 Å². The summed E-state index contributed by atoms with van der Waals surface area (Å²) in [7, 11) is 0. The number of aromatic hydroxyl groups is 1. The summed E-state index contributed by atoms with van der Waals surface area (Å²) in [5, 5.41) is 10.9. The van der Waals surface area contributed by atoms with Gasteiger partial charge in [-0.2, -0.15) is 0 Å². The van der Waals surface area contributed by atoms with Crippen molar-refractivity contribution in [2.45, 2.75) is 32.1 Å². The SMILES string of the molecule is O=C(c1ccc(OCCN2CCCCC2)cc1)c1c(-c2cccc(CCCF)c2)sc2cc(O)ccc12. The standard InChI is InChI=1S/C31H32FNO3S/c32-15-5-7-22-6-4-8-24(20-22)31-29(27-14-11-25(34)21-28(27)37-31)30(35)23-9-12-26(13-10-23)36-19-18-33-16-2-1-3-17-33/h4,6,8-14,20-21,34H,1-3,5,7,15-19H2. The fourth-order valence-corrected chi connectivity index (χ4v) is 6.20. The van der Waals surface area contributed by atoms with E-state index in [2.05, 4.69) is 4.90 Å². The summed E-state index contributed by atoms with van der Waals surface area (Å²) in [5.74, 6) is 0.859. The van der Waals surface area contributed by atoms with Crippen LogP contribution in [0.5, 0.6) is 11.5 Å². The maximum absolute atomic E-state index is 13.8. The first-order valence-corrected chi connectivity index (χ1v) is 13.8. The average Bonchev–Trinajstić information content (AvgIpc) is 3.31. The van der Waals surface area contributed by atoms with E-state index in [1.165, 1.54) is 30.6 Å². The number of phenols is 1. The molecule has 5 rings (SSSR count). The number of phenolic OH excluding ortho intramolecular Hbond substituents is 1. The molecule has 0 bridgehead atoms. The topological polar surface area (TPSA) is 49.8 Å². The van der Waals surface area contributed by atoms with Gasteiger partial charge in [-0.15, -0.1) is 11.3 Å². The number of carbonyl (C=O) groups excluding carboxylic acids is 1. The minimum Gasteiger partial charge on any atom is -0.508 e. The van der Waals surface area contributed by atoms with Crippen LogP contribution in [0.3, 0.4) is 0 Å². The van der Waals surface area contributed by atoms with Gasteiger partial charge in [0, 0.05) is 32.6 Å². The summed E-state index contributed by atoms with van der Waals surface area (Å²) in [4.78, 5) is 17.1. The number of ketones is 1. The van der Waals surface area contributed by atoms with Crippen molar-refractivity contribution in [2.24, 2.45) is 0 Å². The van der Waals surface area contributed by atoms with Crippen LogP contribution in [0.1, 0.15) is 47.2 Å². The lowest BCUT2D eigenvalue weighted by Crippen LogP contribution is -2.33. The Morgan fingerprint density at radius 2 is 1.81 bits per heavy atom. The summed E-state index contributed by atoms with van der Waals surface area (Å²) < 4.78 is 19.5. The number of aryl methyl sites for hydroxylation is 1. The molecule has 192 valence electrons. The molecule has 1 fully saturated rings. The Bertz CT molecular complexity index is 1360. The minimum atomic E-state index is -0.353. The fourth-order valence-electron chi connectivity index (χ4n) is 4.98. The Morgan fingerprint density at radius 1 is 1.00 bits per heavy atom. The van der Waals surface area contributed by atoms with Gasteiger partial charge in [-0.3, -0.25) is 14.1 Å². The second kappa shape index (κ2) is 11.9. The molecule has 1 saturated heterocycles. The van der Waals surface area contributed by atoms with E-state index in [1.807, 2.05) is 54.6 Å². The molecule has 1 aliphatic heterocycles. The highest BCUT2D eigenvalue weighted by molar-refractivity contribution is 7.22. The maximum atomic E-state index is 13.8. The quantitative estimate of drug-likeness (QED) is 0.225. The first-order chi connectivity index (χ1) is 18.1. The number of piperidine rings is 1. The lowest BCUT2D eigenvalue weighted by atomic mass is 9.96. The molecule has 2 heterocycles. The molecule has 1 N–H and O–H groups in total. The van der Waals surface area contributed by atoms with Crippen LogP contribution in [0.15, 0.2) is 66.7 Å². The molecule has 0 spiro atoms. The molecule has 6 heteroatoms. The Morgan fingerprint density at radius 3 is 2.59 bits per heavy atom. The molecule has 0 radical (unpaired) electrons. The minimum absolute atomic E-state index is 0.0685. The van der Waals surface area contributed by atoms with Crippen LogP contribution in [0.25, 0.3) is 20.5 Å². The first kappa shape index (κ1) is 25.4. The predicted molar refractivity (Wildman–Crippen MR) is 149 cm³/mol. The third-order valence-corrected chi connectivity index (χ3v) is 8.13. The molecule has 4 aromatic rings. The van der Waals surface area contributed by atoms with E-state index < -0.39 is 0 Å². The monoisotopic (exact) mass is 517 g/mol. The summed E-state index contributed by atoms with van der Waals surface area (Å²) >= 11 is 1.49. The van der Waals surface area contributed by atoms with Crippen molar-refractivity contribution >= 4 is 27.2 Å². The lowest BCUT2D eigenvalue weighted by Gasteiger charge is -2.26. The second-order valence-corrected chi connectivity index (χ2v) is 10.6. The third-order valence-electron chi connectivity index (χ3n) is 6.93. The van der Waals surface area contributed by atoms with Gasteiger partial charge in [0.2, 0.25) is 0 Å². The van der Waals surface area contributed by atoms with Crippen molar-refractivity contribution in [1.29, 1.82) is 0 Å². The van der Waals surface area contributed by atoms with Crippen molar-refractivity contribution in [3.05, 3.63) is 83.4 Å². The van der Waals surface area contributed by atoms with E-state index in [0.29, 0.717) is 30.6 Å². The molecule has 0 unspecified atom stereocenters. The van der Waals surface area contributed by atoms with Crippen LogP contribution in [-0.2, 0) is 6.42 Å². The number of hydrogen-bond acceptors (Lipinski definition) is 5. The van der Waals surface area contributed by atoms with Crippen LogP contribution in [-0.4, -0.2) is 48.7 Å². The van der Waals surface area contributed by atoms with Gasteiger partial charge in [-0.05, 0) is 92.4 Å². The number of benzene rings is 3. The van der Waals surface area contributed by atoms with Gasteiger partial charge in [-0.25, -0.2) is 0 Å².